The predicted octanol–water partition coefficient (Wildman–Crippen LogP) is 36.4. The van der Waals surface area contributed by atoms with Crippen molar-refractivity contribution in [2.24, 2.45) is 0 Å². The molecule has 0 saturated carbocycles. The van der Waals surface area contributed by atoms with E-state index in [1.54, 1.807) is 0 Å². The molecule has 4 aliphatic heterocycles. The first-order valence-electron chi connectivity index (χ1n) is 40.9. The van der Waals surface area contributed by atoms with E-state index in [4.69, 9.17) is 19.9 Å². The first-order valence-corrected chi connectivity index (χ1v) is 55.6. The fraction of sp³-hybridized carbons (Fsp3) is 0.00917. The molecule has 0 radical (unpaired) electrons. The average Bonchev–Trinajstić information content (AvgIpc) is 1.51. The van der Waals surface area contributed by atoms with Gasteiger partial charge in [-0.3, -0.25) is 0 Å². The zero-order valence-corrected chi connectivity index (χ0v) is 97.1. The molecule has 0 saturated heterocycles. The summed E-state index contributed by atoms with van der Waals surface area (Å²) in [4.78, 5) is 21.4. The van der Waals surface area contributed by atoms with E-state index in [-0.39, 0.29) is 24.9 Å². The van der Waals surface area contributed by atoms with Gasteiger partial charge >= 0.3 is 19.5 Å². The van der Waals surface area contributed by atoms with E-state index in [2.05, 4.69) is 583 Å². The molecule has 0 fully saturated rings. The van der Waals surface area contributed by atoms with Gasteiger partial charge in [0.25, 0.3) is 0 Å². The number of hydrogen-bond acceptors (Lipinski definition) is 2. The summed E-state index contributed by atoms with van der Waals surface area (Å²) in [7, 11) is -2.40. The van der Waals surface area contributed by atoms with Gasteiger partial charge in [0.15, 0.2) is 8.07 Å². The summed E-state index contributed by atoms with van der Waals surface area (Å²) < 4.78 is 17.4. The zero-order valence-electron chi connectivity index (χ0n) is 67.7. The van der Waals surface area contributed by atoms with Crippen molar-refractivity contribution in [3.63, 3.8) is 0 Å². The molecule has 628 valence electrons. The summed E-state index contributed by atoms with van der Waals surface area (Å²) in [5, 5.41) is 13.4. The maximum Gasteiger partial charge on any atom is 2.00 e. The van der Waals surface area contributed by atoms with Gasteiger partial charge < -0.3 is 9.97 Å². The molecule has 16 aromatic carbocycles. The number of hydrogen-bond donors (Lipinski definition) is 0. The van der Waals surface area contributed by atoms with Gasteiger partial charge in [0, 0.05) is 71.6 Å². The van der Waals surface area contributed by atoms with Crippen molar-refractivity contribution in [2.75, 3.05) is 0 Å². The van der Waals surface area contributed by atoms with E-state index in [1.807, 2.05) is 0 Å². The molecule has 3 aromatic heterocycles. The summed E-state index contributed by atoms with van der Waals surface area (Å²) >= 11 is 59.2. The topological polar surface area (TPSA) is 54.0 Å². The molecule has 2 aliphatic carbocycles. The van der Waals surface area contributed by atoms with Crippen LogP contribution in [0.3, 0.4) is 0 Å². The van der Waals surface area contributed by atoms with Crippen LogP contribution in [0.25, 0.3) is 168 Å². The predicted molar refractivity (Wildman–Crippen MR) is 603 cm³/mol. The van der Waals surface area contributed by atoms with Gasteiger partial charge in [-0.05, 0) is 346 Å². The van der Waals surface area contributed by atoms with E-state index >= 15 is 0 Å². The monoisotopic (exact) mass is 2770 g/mol. The molecule has 7 heterocycles. The Morgan fingerprint density at radius 3 is 0.626 bits per heavy atom. The summed E-state index contributed by atoms with van der Waals surface area (Å²) in [5.74, 6) is 0. The molecule has 19 aromatic rings. The van der Waals surface area contributed by atoms with Crippen molar-refractivity contribution >= 4 is 362 Å². The Kier molecular flexibility index (Phi) is 25.4. The SMILES string of the molecule is Brc1cc(Br)c2ccc3c(Br)cc(Br)c4ccc1c2c43.Brc1ccc(-c2c3nc(c(-c4ccc(Br)cc4)c4ccc([n-]4)c(-c4ccc(Br)cc4)c4nc(c(-c5ccc(Br)cc5)c5ccc2[n-]5)C=C4)C=C3)cc1.Brc1ccc2c(c1)C1(c3cc(Br)ccc3-2)c2cc(Br)ccc2-c2ccc(Br)cc21.Brc1ccc2c(c1)[Si]1(c3cc(Br)ccc3-2)c2cc(Br)ccc2-c2ccc(Br)cc21.[Zn+2]. The number of fused-ring (bicyclic) bond motifs is 28. The number of nitrogens with zero attached hydrogens (tertiary/aromatic N) is 4. The fourth-order valence-corrected chi connectivity index (χ4v) is 33.2. The third-order valence-electron chi connectivity index (χ3n) is 25.1. The number of rotatable bonds is 4. The van der Waals surface area contributed by atoms with Gasteiger partial charge in [0.05, 0.1) is 28.2 Å². The molecular formula is C109H54Br16N4SiZn. The van der Waals surface area contributed by atoms with E-state index in [0.29, 0.717) is 0 Å². The van der Waals surface area contributed by atoms with Crippen LogP contribution >= 0.6 is 255 Å². The van der Waals surface area contributed by atoms with Gasteiger partial charge in [-0.1, -0.05) is 400 Å². The molecule has 6 aliphatic rings. The summed E-state index contributed by atoms with van der Waals surface area (Å²) in [6.07, 6.45) is 8.35. The minimum atomic E-state index is -2.40. The molecule has 0 amide bonds. The Morgan fingerprint density at radius 1 is 0.206 bits per heavy atom. The van der Waals surface area contributed by atoms with Gasteiger partial charge in [-0.25, -0.2) is 9.97 Å². The normalized spacial score (nSPS) is 13.0. The Morgan fingerprint density at radius 2 is 0.405 bits per heavy atom. The largest absolute Gasteiger partial charge is 2.00 e. The zero-order chi connectivity index (χ0) is 89.2. The van der Waals surface area contributed by atoms with Crippen molar-refractivity contribution < 1.29 is 19.5 Å². The smallest absolute Gasteiger partial charge is 0.657 e. The van der Waals surface area contributed by atoms with Gasteiger partial charge in [-0.2, -0.15) is 0 Å². The average molecular weight is 2790 g/mol. The first kappa shape index (κ1) is 91.1. The third-order valence-corrected chi connectivity index (χ3v) is 38.7. The number of benzene rings is 16. The van der Waals surface area contributed by atoms with E-state index in [0.717, 1.165) is 161 Å². The minimum Gasteiger partial charge on any atom is -0.657 e. The molecule has 0 atom stereocenters. The summed E-state index contributed by atoms with van der Waals surface area (Å²) in [5.41, 5.74) is 30.1. The Hall–Kier alpha value is -6.32. The van der Waals surface area contributed by atoms with E-state index in [1.165, 1.54) is 120 Å². The van der Waals surface area contributed by atoms with Crippen molar-refractivity contribution in [3.8, 4) is 89.0 Å². The minimum absolute atomic E-state index is 0. The van der Waals surface area contributed by atoms with Crippen LogP contribution in [0, 0.1) is 0 Å². The molecule has 22 heteroatoms. The van der Waals surface area contributed by atoms with Gasteiger partial charge in [0.2, 0.25) is 0 Å². The summed E-state index contributed by atoms with van der Waals surface area (Å²) in [6.45, 7) is 0. The second-order valence-corrected chi connectivity index (χ2v) is 50.2. The second kappa shape index (κ2) is 36.5. The molecule has 0 N–H and O–H groups in total. The van der Waals surface area contributed by atoms with Crippen LogP contribution in [0.5, 0.6) is 0 Å². The maximum absolute atomic E-state index is 5.34. The molecule has 131 heavy (non-hydrogen) atoms. The van der Waals surface area contributed by atoms with Crippen molar-refractivity contribution in [1.29, 1.82) is 0 Å². The van der Waals surface area contributed by atoms with Gasteiger partial charge in [0.1, 0.15) is 0 Å². The van der Waals surface area contributed by atoms with Crippen LogP contribution in [0.2, 0.25) is 0 Å². The van der Waals surface area contributed by atoms with Crippen LogP contribution in [0.4, 0.5) is 0 Å². The van der Waals surface area contributed by atoms with Crippen LogP contribution in [-0.4, -0.2) is 18.0 Å². The molecule has 25 rings (SSSR count). The molecular weight excluding hydrogens is 2740 g/mol. The third kappa shape index (κ3) is 15.9. The van der Waals surface area contributed by atoms with Gasteiger partial charge in [-0.15, -0.1) is 22.1 Å². The number of aromatic nitrogens is 4. The second-order valence-electron chi connectivity index (χ2n) is 32.2. The molecule has 0 unspecified atom stereocenters. The van der Waals surface area contributed by atoms with E-state index < -0.39 is 8.07 Å². The first-order chi connectivity index (χ1) is 62.9. The van der Waals surface area contributed by atoms with E-state index in [9.17, 15) is 0 Å². The molecule has 2 spiro atoms. The molecule has 4 nitrogen and oxygen atoms in total. The van der Waals surface area contributed by atoms with Crippen molar-refractivity contribution in [2.45, 2.75) is 5.41 Å². The van der Waals surface area contributed by atoms with Crippen LogP contribution in [0.15, 0.2) is 375 Å². The maximum atomic E-state index is 5.34. The summed E-state index contributed by atoms with van der Waals surface area (Å²) in [6, 6.07) is 109. The molecule has 8 bridgehead atoms. The Labute approximate surface area is 903 Å². The quantitative estimate of drug-likeness (QED) is 0.130. The van der Waals surface area contributed by atoms with Crippen molar-refractivity contribution in [3.05, 3.63) is 420 Å². The Bertz CT molecular complexity index is 7160. The van der Waals surface area contributed by atoms with Crippen LogP contribution in [0.1, 0.15) is 45.0 Å². The fourth-order valence-electron chi connectivity index (χ4n) is 19.8. The standard InChI is InChI=1S/C44H24Br4N4.C25H12Br4.C24H12Br4Si.C16H6Br4.Zn/c45-29-9-1-25(2-10-29)41-33-17-19-35(49-33)42(26-3-11-30(46)12-4-26)37-21-23-39(51-37)44(28-7-15-32(48)16-8-28)40-24-22-38(52-40)43(36-20-18-34(41)50-36)27-5-13-31(47)14-6-27;26-13-1-5-17-18-6-2-14(27)10-22(18)25(21(17)9-13)23-11-15(28)3-7-19(23)20-8-4-16(29)12-24(20)25;25-13-1-5-17-18-6-2-14(26)10-22(18)29(21(17)9-13)23-11-15(27)3-7-19(23)20-8-4-16(28)12-24(20)29;17-11-5-13(19)9-3-4-10-14(20)6-12(18)8-2-1-7(11)15(9)16(8)10;/h1-24H;2*1-12H;1-6H;/q-2;;;;+2. The number of halogens is 16. The van der Waals surface area contributed by atoms with Crippen LogP contribution < -0.4 is 30.7 Å². The van der Waals surface area contributed by atoms with Crippen molar-refractivity contribution in [1.82, 2.24) is 19.9 Å². The Balaban J connectivity index is 0.000000112. The van der Waals surface area contributed by atoms with Crippen LogP contribution in [-0.2, 0) is 24.9 Å².